The number of fused-ring (bicyclic) bond motifs is 1. The third-order valence-corrected chi connectivity index (χ3v) is 1.97. The van der Waals surface area contributed by atoms with Crippen molar-refractivity contribution in [3.05, 3.63) is 33.7 Å². The van der Waals surface area contributed by atoms with E-state index < -0.39 is 0 Å². The van der Waals surface area contributed by atoms with Gasteiger partial charge < -0.3 is 10.3 Å². The van der Waals surface area contributed by atoms with Crippen LogP contribution in [0.25, 0.3) is 0 Å². The highest BCUT2D eigenvalue weighted by Gasteiger charge is 2.17. The van der Waals surface area contributed by atoms with E-state index in [1.54, 1.807) is 6.07 Å². The molecule has 1 aliphatic rings. The first-order chi connectivity index (χ1) is 5.79. The highest BCUT2D eigenvalue weighted by atomic mass is 16.2. The van der Waals surface area contributed by atoms with Crippen LogP contribution in [-0.2, 0) is 6.42 Å². The summed E-state index contributed by atoms with van der Waals surface area (Å²) in [6, 6.07) is 1.63. The van der Waals surface area contributed by atoms with Gasteiger partial charge in [0.25, 0.3) is 11.5 Å². The lowest BCUT2D eigenvalue weighted by molar-refractivity contribution is 0.0945. The number of pyridine rings is 1. The number of carbonyl (C=O) groups excluding carboxylic acids is 1. The van der Waals surface area contributed by atoms with Gasteiger partial charge in [-0.25, -0.2) is 0 Å². The van der Waals surface area contributed by atoms with Crippen LogP contribution < -0.4 is 10.9 Å². The molecule has 0 spiro atoms. The van der Waals surface area contributed by atoms with Gasteiger partial charge in [-0.3, -0.25) is 9.59 Å². The predicted molar refractivity (Wildman–Crippen MR) is 43.1 cm³/mol. The molecule has 0 fully saturated rings. The van der Waals surface area contributed by atoms with Gasteiger partial charge in [0.05, 0.1) is 0 Å². The Morgan fingerprint density at radius 1 is 1.33 bits per heavy atom. The van der Waals surface area contributed by atoms with E-state index in [4.69, 9.17) is 0 Å². The summed E-state index contributed by atoms with van der Waals surface area (Å²) in [7, 11) is 0. The number of aromatic nitrogens is 1. The molecular formula is C8H8N2O2. The SMILES string of the molecule is O=C1NCCc2c1cc[nH]c2=O. The van der Waals surface area contributed by atoms with Crippen LogP contribution in [0.1, 0.15) is 15.9 Å². The van der Waals surface area contributed by atoms with Crippen molar-refractivity contribution in [2.75, 3.05) is 6.54 Å². The van der Waals surface area contributed by atoms with Crippen molar-refractivity contribution in [1.29, 1.82) is 0 Å². The van der Waals surface area contributed by atoms with Gasteiger partial charge in [0.1, 0.15) is 0 Å². The Morgan fingerprint density at radius 3 is 2.92 bits per heavy atom. The van der Waals surface area contributed by atoms with Crippen LogP contribution in [-0.4, -0.2) is 17.4 Å². The molecule has 12 heavy (non-hydrogen) atoms. The third-order valence-electron chi connectivity index (χ3n) is 1.97. The lowest BCUT2D eigenvalue weighted by atomic mass is 10.0. The molecule has 0 saturated carbocycles. The first-order valence-corrected chi connectivity index (χ1v) is 3.78. The predicted octanol–water partition coefficient (Wildman–Crippen LogP) is -0.339. The molecular weight excluding hydrogens is 156 g/mol. The maximum absolute atomic E-state index is 11.2. The van der Waals surface area contributed by atoms with Gasteiger partial charge in [-0.15, -0.1) is 0 Å². The first kappa shape index (κ1) is 7.09. The molecule has 2 N–H and O–H groups in total. The van der Waals surface area contributed by atoms with E-state index in [0.717, 1.165) is 0 Å². The van der Waals surface area contributed by atoms with Crippen LogP contribution in [0.2, 0.25) is 0 Å². The Bertz CT molecular complexity index is 381. The highest BCUT2D eigenvalue weighted by molar-refractivity contribution is 5.96. The quantitative estimate of drug-likeness (QED) is 0.551. The summed E-state index contributed by atoms with van der Waals surface area (Å²) < 4.78 is 0. The number of rotatable bonds is 0. The average Bonchev–Trinajstić information content (AvgIpc) is 2.07. The Morgan fingerprint density at radius 2 is 2.17 bits per heavy atom. The molecule has 1 amide bonds. The van der Waals surface area contributed by atoms with Crippen molar-refractivity contribution >= 4 is 5.91 Å². The van der Waals surface area contributed by atoms with Gasteiger partial charge >= 0.3 is 0 Å². The van der Waals surface area contributed by atoms with Crippen molar-refractivity contribution in [3.63, 3.8) is 0 Å². The summed E-state index contributed by atoms with van der Waals surface area (Å²) in [6.45, 7) is 0.554. The molecule has 0 aromatic carbocycles. The fourth-order valence-electron chi connectivity index (χ4n) is 1.37. The van der Waals surface area contributed by atoms with Gasteiger partial charge in [-0.05, 0) is 12.5 Å². The van der Waals surface area contributed by atoms with Crippen molar-refractivity contribution in [2.24, 2.45) is 0 Å². The molecule has 2 rings (SSSR count). The molecule has 4 nitrogen and oxygen atoms in total. The fourth-order valence-corrected chi connectivity index (χ4v) is 1.37. The van der Waals surface area contributed by atoms with E-state index in [9.17, 15) is 9.59 Å². The van der Waals surface area contributed by atoms with Gasteiger partial charge in [-0.1, -0.05) is 0 Å². The number of carbonyl (C=O) groups is 1. The largest absolute Gasteiger partial charge is 0.352 e. The summed E-state index contributed by atoms with van der Waals surface area (Å²) in [6.07, 6.45) is 2.11. The number of hydrogen-bond donors (Lipinski definition) is 2. The van der Waals surface area contributed by atoms with Gasteiger partial charge in [-0.2, -0.15) is 0 Å². The molecule has 0 bridgehead atoms. The topological polar surface area (TPSA) is 62.0 Å². The molecule has 0 atom stereocenters. The Balaban J connectivity index is 2.67. The molecule has 0 radical (unpaired) electrons. The number of nitrogens with one attached hydrogen (secondary N) is 2. The minimum Gasteiger partial charge on any atom is -0.352 e. The van der Waals surface area contributed by atoms with Crippen LogP contribution in [0.15, 0.2) is 17.1 Å². The van der Waals surface area contributed by atoms with E-state index in [-0.39, 0.29) is 11.5 Å². The van der Waals surface area contributed by atoms with Crippen LogP contribution in [0, 0.1) is 0 Å². The monoisotopic (exact) mass is 164 g/mol. The first-order valence-electron chi connectivity index (χ1n) is 3.78. The van der Waals surface area contributed by atoms with E-state index in [2.05, 4.69) is 10.3 Å². The normalized spacial score (nSPS) is 15.2. The molecule has 0 aliphatic carbocycles. The molecule has 0 unspecified atom stereocenters. The second kappa shape index (κ2) is 2.48. The van der Waals surface area contributed by atoms with Crippen molar-refractivity contribution < 1.29 is 4.79 Å². The molecule has 2 heterocycles. The highest BCUT2D eigenvalue weighted by Crippen LogP contribution is 2.06. The van der Waals surface area contributed by atoms with Crippen molar-refractivity contribution in [2.45, 2.75) is 6.42 Å². The number of hydrogen-bond acceptors (Lipinski definition) is 2. The Kier molecular flexibility index (Phi) is 1.46. The standard InChI is InChI=1S/C8H8N2O2/c11-7-5-1-3-9-8(12)6(5)2-4-10-7/h1,3H,2,4H2,(H,9,12)(H,10,11). The Labute approximate surface area is 68.6 Å². The fraction of sp³-hybridized carbons (Fsp3) is 0.250. The second-order valence-electron chi connectivity index (χ2n) is 2.70. The second-order valence-corrected chi connectivity index (χ2v) is 2.70. The van der Waals surface area contributed by atoms with E-state index in [1.807, 2.05) is 0 Å². The number of amides is 1. The summed E-state index contributed by atoms with van der Waals surface area (Å²) in [4.78, 5) is 24.9. The molecule has 0 saturated heterocycles. The number of H-pyrrole nitrogens is 1. The zero-order valence-corrected chi connectivity index (χ0v) is 6.39. The smallest absolute Gasteiger partial charge is 0.251 e. The molecule has 1 aromatic heterocycles. The van der Waals surface area contributed by atoms with Crippen LogP contribution in [0.4, 0.5) is 0 Å². The lowest BCUT2D eigenvalue weighted by Gasteiger charge is -2.14. The lowest BCUT2D eigenvalue weighted by Crippen LogP contribution is -2.35. The van der Waals surface area contributed by atoms with Gasteiger partial charge in [0, 0.05) is 23.9 Å². The maximum atomic E-state index is 11.2. The summed E-state index contributed by atoms with van der Waals surface area (Å²) in [5.74, 6) is -0.151. The maximum Gasteiger partial charge on any atom is 0.251 e. The summed E-state index contributed by atoms with van der Waals surface area (Å²) in [5.41, 5.74) is 0.952. The summed E-state index contributed by atoms with van der Waals surface area (Å²) >= 11 is 0. The minimum absolute atomic E-state index is 0.151. The summed E-state index contributed by atoms with van der Waals surface area (Å²) in [5, 5.41) is 2.67. The van der Waals surface area contributed by atoms with E-state index >= 15 is 0 Å². The van der Waals surface area contributed by atoms with E-state index in [1.165, 1.54) is 6.20 Å². The van der Waals surface area contributed by atoms with Crippen LogP contribution in [0.3, 0.4) is 0 Å². The minimum atomic E-state index is -0.151. The zero-order chi connectivity index (χ0) is 8.55. The molecule has 1 aliphatic heterocycles. The van der Waals surface area contributed by atoms with Crippen LogP contribution >= 0.6 is 0 Å². The molecule has 62 valence electrons. The van der Waals surface area contributed by atoms with Gasteiger partial charge in [0.15, 0.2) is 0 Å². The molecule has 1 aromatic rings. The van der Waals surface area contributed by atoms with Crippen LogP contribution in [0.5, 0.6) is 0 Å². The van der Waals surface area contributed by atoms with Crippen molar-refractivity contribution in [1.82, 2.24) is 10.3 Å². The Hall–Kier alpha value is -1.58. The number of aromatic amines is 1. The van der Waals surface area contributed by atoms with E-state index in [0.29, 0.717) is 24.1 Å². The molecule has 4 heteroatoms. The third kappa shape index (κ3) is 0.922. The van der Waals surface area contributed by atoms with Gasteiger partial charge in [0.2, 0.25) is 0 Å². The average molecular weight is 164 g/mol. The zero-order valence-electron chi connectivity index (χ0n) is 6.39. The van der Waals surface area contributed by atoms with Crippen molar-refractivity contribution in [3.8, 4) is 0 Å².